The summed E-state index contributed by atoms with van der Waals surface area (Å²) in [6.45, 7) is -0.253. The van der Waals surface area contributed by atoms with E-state index in [1.165, 1.54) is 0 Å². The molecule has 0 rings (SSSR count). The lowest BCUT2D eigenvalue weighted by molar-refractivity contribution is 0.183. The van der Waals surface area contributed by atoms with Crippen molar-refractivity contribution in [2.24, 2.45) is 0 Å². The average molecular weight is 164 g/mol. The Kier molecular flexibility index (Phi) is 5.19. The minimum absolute atomic E-state index is 0.127. The standard InChI is InChI=1S/C5H12N2O2S/c1-6-5(10)7-4(2-8)3-9/h4,8-9H,2-3H2,1H3,(H2,6,7,10). The summed E-state index contributed by atoms with van der Waals surface area (Å²) in [6.07, 6.45) is 0. The minimum Gasteiger partial charge on any atom is -0.394 e. The summed E-state index contributed by atoms with van der Waals surface area (Å²) in [4.78, 5) is 0. The molecule has 0 aromatic carbocycles. The van der Waals surface area contributed by atoms with Crippen molar-refractivity contribution < 1.29 is 10.2 Å². The van der Waals surface area contributed by atoms with Crippen LogP contribution < -0.4 is 10.6 Å². The van der Waals surface area contributed by atoms with Gasteiger partial charge < -0.3 is 20.8 Å². The molecule has 0 aromatic rings. The van der Waals surface area contributed by atoms with E-state index in [0.29, 0.717) is 5.11 Å². The maximum absolute atomic E-state index is 8.56. The van der Waals surface area contributed by atoms with Crippen molar-refractivity contribution in [3.63, 3.8) is 0 Å². The third-order valence-corrected chi connectivity index (χ3v) is 1.33. The van der Waals surface area contributed by atoms with Gasteiger partial charge in [0, 0.05) is 7.05 Å². The topological polar surface area (TPSA) is 64.5 Å². The van der Waals surface area contributed by atoms with Gasteiger partial charge in [0.15, 0.2) is 5.11 Å². The van der Waals surface area contributed by atoms with Crippen molar-refractivity contribution in [2.45, 2.75) is 6.04 Å². The van der Waals surface area contributed by atoms with Gasteiger partial charge in [0.25, 0.3) is 0 Å². The number of rotatable bonds is 3. The Morgan fingerprint density at radius 1 is 1.50 bits per heavy atom. The molecule has 0 amide bonds. The van der Waals surface area contributed by atoms with E-state index in [2.05, 4.69) is 10.6 Å². The van der Waals surface area contributed by atoms with Gasteiger partial charge in [0.05, 0.1) is 19.3 Å². The fourth-order valence-electron chi connectivity index (χ4n) is 0.407. The highest BCUT2D eigenvalue weighted by Crippen LogP contribution is 1.78. The second kappa shape index (κ2) is 5.40. The molecule has 0 aliphatic heterocycles. The van der Waals surface area contributed by atoms with E-state index in [0.717, 1.165) is 0 Å². The summed E-state index contributed by atoms with van der Waals surface area (Å²) in [6, 6.07) is -0.361. The number of hydrogen-bond acceptors (Lipinski definition) is 3. The van der Waals surface area contributed by atoms with E-state index in [-0.39, 0.29) is 19.3 Å². The first-order valence-electron chi connectivity index (χ1n) is 2.94. The number of thiocarbonyl (C=S) groups is 1. The number of aliphatic hydroxyl groups is 2. The van der Waals surface area contributed by atoms with E-state index in [1.807, 2.05) is 0 Å². The molecule has 0 unspecified atom stereocenters. The summed E-state index contributed by atoms with van der Waals surface area (Å²) >= 11 is 4.72. The first-order valence-corrected chi connectivity index (χ1v) is 3.35. The minimum atomic E-state index is -0.361. The van der Waals surface area contributed by atoms with Crippen molar-refractivity contribution in [3.05, 3.63) is 0 Å². The van der Waals surface area contributed by atoms with Gasteiger partial charge in [-0.25, -0.2) is 0 Å². The summed E-state index contributed by atoms with van der Waals surface area (Å²) in [5.74, 6) is 0. The SMILES string of the molecule is CNC(=S)NC(CO)CO. The van der Waals surface area contributed by atoms with Crippen LogP contribution in [0.3, 0.4) is 0 Å². The fraction of sp³-hybridized carbons (Fsp3) is 0.800. The van der Waals surface area contributed by atoms with E-state index in [1.54, 1.807) is 7.05 Å². The zero-order valence-electron chi connectivity index (χ0n) is 5.79. The van der Waals surface area contributed by atoms with Crippen molar-refractivity contribution in [3.8, 4) is 0 Å². The number of hydrogen-bond donors (Lipinski definition) is 4. The van der Waals surface area contributed by atoms with Crippen LogP contribution in [0.5, 0.6) is 0 Å². The van der Waals surface area contributed by atoms with E-state index in [9.17, 15) is 0 Å². The molecule has 0 spiro atoms. The van der Waals surface area contributed by atoms with Crippen molar-refractivity contribution in [1.29, 1.82) is 0 Å². The molecule has 10 heavy (non-hydrogen) atoms. The molecule has 4 nitrogen and oxygen atoms in total. The van der Waals surface area contributed by atoms with Gasteiger partial charge in [-0.1, -0.05) is 0 Å². The fourth-order valence-corrected chi connectivity index (χ4v) is 0.573. The zero-order valence-corrected chi connectivity index (χ0v) is 6.61. The summed E-state index contributed by atoms with van der Waals surface area (Å²) < 4.78 is 0. The Labute approximate surface area is 65.2 Å². The second-order valence-electron chi connectivity index (χ2n) is 1.79. The van der Waals surface area contributed by atoms with Crippen LogP contribution >= 0.6 is 12.2 Å². The van der Waals surface area contributed by atoms with Gasteiger partial charge >= 0.3 is 0 Å². The van der Waals surface area contributed by atoms with Crippen LogP contribution in [0, 0.1) is 0 Å². The lowest BCUT2D eigenvalue weighted by atomic mass is 10.3. The summed E-state index contributed by atoms with van der Waals surface area (Å²) in [5, 5.41) is 22.9. The van der Waals surface area contributed by atoms with Crippen LogP contribution in [0.2, 0.25) is 0 Å². The predicted octanol–water partition coefficient (Wildman–Crippen LogP) is -1.57. The largest absolute Gasteiger partial charge is 0.394 e. The van der Waals surface area contributed by atoms with Gasteiger partial charge in [0.1, 0.15) is 0 Å². The van der Waals surface area contributed by atoms with E-state index < -0.39 is 0 Å². The van der Waals surface area contributed by atoms with Crippen LogP contribution in [-0.4, -0.2) is 41.6 Å². The highest BCUT2D eigenvalue weighted by Gasteiger charge is 2.04. The molecule has 0 bridgehead atoms. The van der Waals surface area contributed by atoms with Crippen molar-refractivity contribution in [2.75, 3.05) is 20.3 Å². The van der Waals surface area contributed by atoms with Crippen molar-refractivity contribution in [1.82, 2.24) is 10.6 Å². The molecule has 0 aromatic heterocycles. The van der Waals surface area contributed by atoms with Gasteiger partial charge in [-0.15, -0.1) is 0 Å². The molecular formula is C5H12N2O2S. The maximum Gasteiger partial charge on any atom is 0.166 e. The first kappa shape index (κ1) is 9.61. The molecule has 0 aliphatic rings. The summed E-state index contributed by atoms with van der Waals surface area (Å²) in [5.41, 5.74) is 0. The monoisotopic (exact) mass is 164 g/mol. The Hall–Kier alpha value is -0.390. The Morgan fingerprint density at radius 3 is 2.30 bits per heavy atom. The second-order valence-corrected chi connectivity index (χ2v) is 2.19. The molecule has 0 fully saturated rings. The Morgan fingerprint density at radius 2 is 2.00 bits per heavy atom. The maximum atomic E-state index is 8.56. The van der Waals surface area contributed by atoms with Gasteiger partial charge in [-0.2, -0.15) is 0 Å². The van der Waals surface area contributed by atoms with Crippen LogP contribution in [0.15, 0.2) is 0 Å². The molecule has 0 radical (unpaired) electrons. The zero-order chi connectivity index (χ0) is 7.98. The number of nitrogens with one attached hydrogen (secondary N) is 2. The van der Waals surface area contributed by atoms with Gasteiger partial charge in [0.2, 0.25) is 0 Å². The lowest BCUT2D eigenvalue weighted by Crippen LogP contribution is -2.44. The van der Waals surface area contributed by atoms with Crippen LogP contribution in [-0.2, 0) is 0 Å². The lowest BCUT2D eigenvalue weighted by Gasteiger charge is -2.14. The molecular weight excluding hydrogens is 152 g/mol. The highest BCUT2D eigenvalue weighted by molar-refractivity contribution is 7.80. The third-order valence-electron chi connectivity index (χ3n) is 1.00. The normalized spacial score (nSPS) is 9.60. The third kappa shape index (κ3) is 3.60. The van der Waals surface area contributed by atoms with E-state index >= 15 is 0 Å². The van der Waals surface area contributed by atoms with Gasteiger partial charge in [-0.3, -0.25) is 0 Å². The molecule has 0 saturated carbocycles. The first-order chi connectivity index (χ1) is 4.74. The van der Waals surface area contributed by atoms with Crippen LogP contribution in [0.25, 0.3) is 0 Å². The molecule has 0 atom stereocenters. The average Bonchev–Trinajstić information content (AvgIpc) is 1.99. The number of aliphatic hydroxyl groups excluding tert-OH is 2. The van der Waals surface area contributed by atoms with E-state index in [4.69, 9.17) is 22.4 Å². The Balaban J connectivity index is 3.52. The molecule has 60 valence electrons. The van der Waals surface area contributed by atoms with Crippen molar-refractivity contribution >= 4 is 17.3 Å². The highest BCUT2D eigenvalue weighted by atomic mass is 32.1. The molecule has 0 aliphatic carbocycles. The smallest absolute Gasteiger partial charge is 0.166 e. The van der Waals surface area contributed by atoms with Crippen LogP contribution in [0.1, 0.15) is 0 Å². The molecule has 4 N–H and O–H groups in total. The summed E-state index contributed by atoms with van der Waals surface area (Å²) in [7, 11) is 1.67. The Bertz CT molecular complexity index is 106. The molecule has 5 heteroatoms. The molecule has 0 saturated heterocycles. The molecule has 0 heterocycles. The quantitative estimate of drug-likeness (QED) is 0.380. The van der Waals surface area contributed by atoms with Crippen LogP contribution in [0.4, 0.5) is 0 Å². The predicted molar refractivity (Wildman–Crippen MR) is 42.8 cm³/mol. The van der Waals surface area contributed by atoms with Gasteiger partial charge in [-0.05, 0) is 12.2 Å².